The number of hydrogen-bond donors (Lipinski definition) is 0. The van der Waals surface area contributed by atoms with E-state index >= 15 is 0 Å². The molecule has 0 spiro atoms. The molecule has 31 heavy (non-hydrogen) atoms. The minimum Gasteiger partial charge on any atom is -0.467 e. The summed E-state index contributed by atoms with van der Waals surface area (Å²) in [6.07, 6.45) is 2.79. The van der Waals surface area contributed by atoms with Crippen LogP contribution in [-0.4, -0.2) is 10.8 Å². The topological polar surface area (TPSA) is 59.7 Å². The van der Waals surface area contributed by atoms with Gasteiger partial charge in [-0.1, -0.05) is 6.92 Å². The molecule has 1 amide bonds. The Kier molecular flexibility index (Phi) is 4.77. The normalized spacial score (nSPS) is 17.9. The van der Waals surface area contributed by atoms with Crippen LogP contribution < -0.4 is 0 Å². The zero-order valence-electron chi connectivity index (χ0n) is 18.4. The van der Waals surface area contributed by atoms with Crippen molar-refractivity contribution in [3.8, 4) is 0 Å². The van der Waals surface area contributed by atoms with Crippen molar-refractivity contribution in [3.63, 3.8) is 0 Å². The summed E-state index contributed by atoms with van der Waals surface area (Å²) in [6, 6.07) is 11.8. The maximum Gasteiger partial charge on any atom is 0.290 e. The van der Waals surface area contributed by atoms with Crippen LogP contribution in [0.2, 0.25) is 0 Å². The maximum absolute atomic E-state index is 13.6. The number of fused-ring (bicyclic) bond motifs is 1. The summed E-state index contributed by atoms with van der Waals surface area (Å²) in [5.41, 5.74) is 3.93. The summed E-state index contributed by atoms with van der Waals surface area (Å²) < 4.78 is 17.6. The van der Waals surface area contributed by atoms with Crippen LogP contribution in [0, 0.1) is 26.7 Å². The molecule has 5 rings (SSSR count). The zero-order valence-corrected chi connectivity index (χ0v) is 18.4. The highest BCUT2D eigenvalue weighted by Gasteiger charge is 2.36. The maximum atomic E-state index is 13.6. The van der Waals surface area contributed by atoms with E-state index in [1.54, 1.807) is 11.2 Å². The van der Waals surface area contributed by atoms with Gasteiger partial charge in [0.1, 0.15) is 22.9 Å². The molecule has 0 saturated heterocycles. The Bertz CT molecular complexity index is 1240. The van der Waals surface area contributed by atoms with E-state index in [2.05, 4.69) is 19.9 Å². The van der Waals surface area contributed by atoms with Gasteiger partial charge >= 0.3 is 0 Å². The molecule has 5 nitrogen and oxygen atoms in total. The molecule has 1 saturated carbocycles. The van der Waals surface area contributed by atoms with Crippen molar-refractivity contribution >= 4 is 16.9 Å². The molecule has 2 unspecified atom stereocenters. The third-order valence-electron chi connectivity index (χ3n) is 6.46. The monoisotopic (exact) mass is 417 g/mol. The van der Waals surface area contributed by atoms with E-state index in [-0.39, 0.29) is 5.91 Å². The third kappa shape index (κ3) is 3.69. The average molecular weight is 418 g/mol. The van der Waals surface area contributed by atoms with Gasteiger partial charge < -0.3 is 18.2 Å². The Hall–Kier alpha value is -3.21. The van der Waals surface area contributed by atoms with E-state index in [0.29, 0.717) is 30.7 Å². The lowest BCUT2D eigenvalue weighted by Gasteiger charge is -2.20. The van der Waals surface area contributed by atoms with Gasteiger partial charge in [-0.2, -0.15) is 0 Å². The Labute approximate surface area is 181 Å². The third-order valence-corrected chi connectivity index (χ3v) is 6.46. The second-order valence-electron chi connectivity index (χ2n) is 8.85. The second kappa shape index (κ2) is 7.49. The molecule has 0 radical (unpaired) electrons. The molecule has 0 aliphatic heterocycles. The number of furan rings is 3. The van der Waals surface area contributed by atoms with Crippen molar-refractivity contribution in [1.82, 2.24) is 4.90 Å². The van der Waals surface area contributed by atoms with Crippen LogP contribution in [-0.2, 0) is 13.1 Å². The number of carbonyl (C=O) groups is 1. The highest BCUT2D eigenvalue weighted by molar-refractivity contribution is 5.99. The van der Waals surface area contributed by atoms with Crippen molar-refractivity contribution in [2.75, 3.05) is 0 Å². The lowest BCUT2D eigenvalue weighted by molar-refractivity contribution is 0.0673. The number of amides is 1. The van der Waals surface area contributed by atoms with Crippen molar-refractivity contribution in [2.24, 2.45) is 5.92 Å². The number of nitrogens with zero attached hydrogens (tertiary/aromatic N) is 1. The summed E-state index contributed by atoms with van der Waals surface area (Å²) in [5.74, 6) is 3.88. The van der Waals surface area contributed by atoms with Crippen molar-refractivity contribution in [2.45, 2.75) is 53.1 Å². The number of rotatable bonds is 6. The van der Waals surface area contributed by atoms with Crippen LogP contribution in [0.25, 0.3) is 11.0 Å². The van der Waals surface area contributed by atoms with E-state index in [1.165, 1.54) is 12.0 Å². The molecule has 0 bridgehead atoms. The van der Waals surface area contributed by atoms with E-state index in [1.807, 2.05) is 44.2 Å². The minimum atomic E-state index is -0.168. The molecule has 3 heterocycles. The van der Waals surface area contributed by atoms with E-state index in [9.17, 15) is 4.79 Å². The van der Waals surface area contributed by atoms with Crippen molar-refractivity contribution < 1.29 is 18.0 Å². The molecule has 5 heteroatoms. The van der Waals surface area contributed by atoms with Gasteiger partial charge in [-0.15, -0.1) is 0 Å². The standard InChI is InChI=1S/C26H27NO4/c1-15-10-22-18(4)25(31-24(22)12-16(15)2)26(28)27(13-19-6-5-9-29-19)14-20-7-8-23(30-20)21-11-17(21)3/h5-10,12,17,21H,11,13-14H2,1-4H3. The number of aryl methyl sites for hydroxylation is 3. The first kappa shape index (κ1) is 19.7. The van der Waals surface area contributed by atoms with Gasteiger partial charge in [0.2, 0.25) is 0 Å². The number of benzene rings is 1. The van der Waals surface area contributed by atoms with Crippen molar-refractivity contribution in [3.05, 3.63) is 82.4 Å². The summed E-state index contributed by atoms with van der Waals surface area (Å²) in [7, 11) is 0. The Morgan fingerprint density at radius 3 is 2.48 bits per heavy atom. The van der Waals surface area contributed by atoms with Gasteiger partial charge in [0.25, 0.3) is 5.91 Å². The summed E-state index contributed by atoms with van der Waals surface area (Å²) in [4.78, 5) is 15.3. The Morgan fingerprint density at radius 1 is 1.03 bits per heavy atom. The molecule has 160 valence electrons. The average Bonchev–Trinajstić information content (AvgIpc) is 3.14. The van der Waals surface area contributed by atoms with Gasteiger partial charge in [-0.3, -0.25) is 4.79 Å². The number of hydrogen-bond acceptors (Lipinski definition) is 4. The molecule has 1 aliphatic carbocycles. The highest BCUT2D eigenvalue weighted by Crippen LogP contribution is 2.47. The quantitative estimate of drug-likeness (QED) is 0.359. The van der Waals surface area contributed by atoms with Crippen LogP contribution in [0.5, 0.6) is 0 Å². The molecule has 1 fully saturated rings. The summed E-state index contributed by atoms with van der Waals surface area (Å²) in [6.45, 7) is 8.99. The predicted octanol–water partition coefficient (Wildman–Crippen LogP) is 6.51. The highest BCUT2D eigenvalue weighted by atomic mass is 16.4. The van der Waals surface area contributed by atoms with Gasteiger partial charge in [0, 0.05) is 16.9 Å². The molecular formula is C26H27NO4. The lowest BCUT2D eigenvalue weighted by atomic mass is 10.0. The largest absolute Gasteiger partial charge is 0.467 e. The molecule has 2 atom stereocenters. The Balaban J connectivity index is 1.47. The molecule has 1 aromatic carbocycles. The molecule has 1 aliphatic rings. The van der Waals surface area contributed by atoms with E-state index in [0.717, 1.165) is 39.4 Å². The number of carbonyl (C=O) groups excluding carboxylic acids is 1. The fraction of sp³-hybridized carbons (Fsp3) is 0.346. The zero-order chi connectivity index (χ0) is 21.7. The van der Waals surface area contributed by atoms with Crippen LogP contribution in [0.1, 0.15) is 63.8 Å². The van der Waals surface area contributed by atoms with Gasteiger partial charge in [-0.05, 0) is 80.6 Å². The van der Waals surface area contributed by atoms with E-state index in [4.69, 9.17) is 13.3 Å². The molecule has 3 aromatic heterocycles. The molecular weight excluding hydrogens is 390 g/mol. The minimum absolute atomic E-state index is 0.168. The van der Waals surface area contributed by atoms with Gasteiger partial charge in [0.15, 0.2) is 5.76 Å². The van der Waals surface area contributed by atoms with E-state index < -0.39 is 0 Å². The predicted molar refractivity (Wildman–Crippen MR) is 118 cm³/mol. The van der Waals surface area contributed by atoms with Crippen LogP contribution in [0.4, 0.5) is 0 Å². The fourth-order valence-corrected chi connectivity index (χ4v) is 4.20. The lowest BCUT2D eigenvalue weighted by Crippen LogP contribution is -2.30. The van der Waals surface area contributed by atoms with Crippen molar-refractivity contribution in [1.29, 1.82) is 0 Å². The first-order valence-electron chi connectivity index (χ1n) is 10.8. The van der Waals surface area contributed by atoms with Gasteiger partial charge in [-0.25, -0.2) is 0 Å². The summed E-state index contributed by atoms with van der Waals surface area (Å²) in [5, 5.41) is 0.979. The van der Waals surface area contributed by atoms with Gasteiger partial charge in [0.05, 0.1) is 19.4 Å². The summed E-state index contributed by atoms with van der Waals surface area (Å²) >= 11 is 0. The van der Waals surface area contributed by atoms with Crippen LogP contribution in [0.15, 0.2) is 55.9 Å². The molecule has 4 aromatic rings. The second-order valence-corrected chi connectivity index (χ2v) is 8.85. The first-order valence-corrected chi connectivity index (χ1v) is 10.8. The Morgan fingerprint density at radius 2 is 1.77 bits per heavy atom. The fourth-order valence-electron chi connectivity index (χ4n) is 4.20. The van der Waals surface area contributed by atoms with Crippen LogP contribution in [0.3, 0.4) is 0 Å². The first-order chi connectivity index (χ1) is 14.9. The smallest absolute Gasteiger partial charge is 0.290 e. The molecule has 0 N–H and O–H groups in total. The van der Waals surface area contributed by atoms with Crippen LogP contribution >= 0.6 is 0 Å². The SMILES string of the molecule is Cc1cc2oc(C(=O)N(Cc3ccco3)Cc3ccc(C4CC4C)o3)c(C)c2cc1C.